The van der Waals surface area contributed by atoms with Gasteiger partial charge in [-0.2, -0.15) is 0 Å². The van der Waals surface area contributed by atoms with Gasteiger partial charge < -0.3 is 20.5 Å². The Kier molecular flexibility index (Phi) is 5.31. The molecule has 0 fully saturated rings. The predicted octanol–water partition coefficient (Wildman–Crippen LogP) is 4.09. The van der Waals surface area contributed by atoms with Crippen molar-refractivity contribution in [2.45, 2.75) is 39.8 Å². The molecule has 1 amide bonds. The summed E-state index contributed by atoms with van der Waals surface area (Å²) >= 11 is 0. The molecule has 0 spiro atoms. The third kappa shape index (κ3) is 3.70. The van der Waals surface area contributed by atoms with Crippen LogP contribution in [0.4, 0.5) is 15.9 Å². The van der Waals surface area contributed by atoms with Crippen LogP contribution in [0.3, 0.4) is 0 Å². The Morgan fingerprint density at radius 2 is 1.84 bits per heavy atom. The van der Waals surface area contributed by atoms with Gasteiger partial charge in [-0.05, 0) is 75.2 Å². The van der Waals surface area contributed by atoms with Gasteiger partial charge in [0.05, 0.1) is 12.1 Å². The molecule has 2 aromatic carbocycles. The third-order valence-corrected chi connectivity index (χ3v) is 6.10. The van der Waals surface area contributed by atoms with Gasteiger partial charge in [-0.1, -0.05) is 6.07 Å². The van der Waals surface area contributed by atoms with Gasteiger partial charge in [0.15, 0.2) is 0 Å². The number of nitrogens with two attached hydrogens (primary N) is 1. The van der Waals surface area contributed by atoms with Crippen molar-refractivity contribution in [1.29, 1.82) is 0 Å². The Balaban J connectivity index is 1.86. The van der Waals surface area contributed by atoms with Gasteiger partial charge in [-0.25, -0.2) is 9.37 Å². The van der Waals surface area contributed by atoms with E-state index in [1.807, 2.05) is 19.9 Å². The number of amides is 1. The fourth-order valence-corrected chi connectivity index (χ4v) is 4.18. The second kappa shape index (κ2) is 7.81. The van der Waals surface area contributed by atoms with Crippen molar-refractivity contribution in [2.75, 3.05) is 18.4 Å². The molecule has 3 aromatic rings. The van der Waals surface area contributed by atoms with Crippen molar-refractivity contribution in [3.05, 3.63) is 65.2 Å². The summed E-state index contributed by atoms with van der Waals surface area (Å²) in [6.07, 6.45) is 0. The molecule has 6 nitrogen and oxygen atoms in total. The highest BCUT2D eigenvalue weighted by Gasteiger charge is 2.41. The highest BCUT2D eigenvalue weighted by atomic mass is 19.1. The summed E-state index contributed by atoms with van der Waals surface area (Å²) in [4.78, 5) is 19.2. The van der Waals surface area contributed by atoms with Crippen LogP contribution >= 0.6 is 0 Å². The van der Waals surface area contributed by atoms with Crippen LogP contribution in [0, 0.1) is 19.7 Å². The lowest BCUT2D eigenvalue weighted by molar-refractivity contribution is -0.137. The van der Waals surface area contributed by atoms with Gasteiger partial charge in [0, 0.05) is 24.3 Å². The largest absolute Gasteiger partial charge is 0.340 e. The minimum absolute atomic E-state index is 0.0390. The minimum atomic E-state index is -0.632. The number of carbonyl (C=O) groups is 1. The number of imidazole rings is 1. The van der Waals surface area contributed by atoms with Crippen LogP contribution in [0.15, 0.2) is 42.5 Å². The number of hydrogen-bond acceptors (Lipinski definition) is 4. The van der Waals surface area contributed by atoms with E-state index in [1.54, 1.807) is 17.0 Å². The highest BCUT2D eigenvalue weighted by molar-refractivity contribution is 5.80. The van der Waals surface area contributed by atoms with E-state index in [1.165, 1.54) is 23.3 Å². The average molecular weight is 422 g/mol. The Bertz CT molecular complexity index is 1130. The molecule has 0 radical (unpaired) electrons. The van der Waals surface area contributed by atoms with Gasteiger partial charge in [-0.3, -0.25) is 4.79 Å². The Labute approximate surface area is 181 Å². The van der Waals surface area contributed by atoms with Crippen molar-refractivity contribution in [2.24, 2.45) is 5.73 Å². The van der Waals surface area contributed by atoms with Crippen LogP contribution < -0.4 is 11.1 Å². The molecule has 2 heterocycles. The van der Waals surface area contributed by atoms with Crippen LogP contribution in [0.2, 0.25) is 0 Å². The molecule has 0 aliphatic carbocycles. The molecule has 31 heavy (non-hydrogen) atoms. The molecule has 0 saturated heterocycles. The van der Waals surface area contributed by atoms with Gasteiger partial charge in [-0.15, -0.1) is 0 Å². The maximum atomic E-state index is 13.6. The fourth-order valence-electron chi connectivity index (χ4n) is 4.18. The minimum Gasteiger partial charge on any atom is -0.340 e. The second-order valence-electron chi connectivity index (χ2n) is 8.52. The standard InChI is InChI=1S/C24H28FN5O/c1-15-5-10-19(13-16(15)2)27-22-21(17-6-8-18(25)9-7-17)28-23-24(3,4)30(20(31)14-26)12-11-29(22)23/h5-10,13,27H,11-12,14,26H2,1-4H3. The zero-order valence-electron chi connectivity index (χ0n) is 18.4. The summed E-state index contributed by atoms with van der Waals surface area (Å²) in [5, 5.41) is 3.54. The smallest absolute Gasteiger partial charge is 0.237 e. The number of carbonyl (C=O) groups excluding carboxylic acids is 1. The SMILES string of the molecule is Cc1ccc(Nc2c(-c3ccc(F)cc3)nc3n2CCN(C(=O)CN)C3(C)C)cc1C. The first-order chi connectivity index (χ1) is 14.7. The Morgan fingerprint density at radius 1 is 1.13 bits per heavy atom. The number of anilines is 2. The van der Waals surface area contributed by atoms with E-state index < -0.39 is 5.54 Å². The van der Waals surface area contributed by atoms with Gasteiger partial charge in [0.2, 0.25) is 5.91 Å². The normalized spacial score (nSPS) is 15.0. The maximum absolute atomic E-state index is 13.6. The lowest BCUT2D eigenvalue weighted by Gasteiger charge is -2.42. The molecule has 0 saturated carbocycles. The summed E-state index contributed by atoms with van der Waals surface area (Å²) < 4.78 is 15.7. The van der Waals surface area contributed by atoms with Crippen LogP contribution in [-0.2, 0) is 16.9 Å². The number of halogens is 1. The second-order valence-corrected chi connectivity index (χ2v) is 8.52. The monoisotopic (exact) mass is 421 g/mol. The molecule has 0 unspecified atom stereocenters. The molecule has 1 aromatic heterocycles. The summed E-state index contributed by atoms with van der Waals surface area (Å²) in [5.74, 6) is 1.20. The molecular formula is C24H28FN5O. The van der Waals surface area contributed by atoms with Crippen molar-refractivity contribution in [3.8, 4) is 11.3 Å². The Morgan fingerprint density at radius 3 is 2.48 bits per heavy atom. The first kappa shape index (κ1) is 21.1. The zero-order chi connectivity index (χ0) is 22.3. The quantitative estimate of drug-likeness (QED) is 0.665. The van der Waals surface area contributed by atoms with Crippen LogP contribution in [-0.4, -0.2) is 33.4 Å². The van der Waals surface area contributed by atoms with E-state index in [4.69, 9.17) is 10.7 Å². The molecule has 162 valence electrons. The number of fused-ring (bicyclic) bond motifs is 1. The van der Waals surface area contributed by atoms with E-state index in [2.05, 4.69) is 35.9 Å². The summed E-state index contributed by atoms with van der Waals surface area (Å²) in [7, 11) is 0. The first-order valence-corrected chi connectivity index (χ1v) is 10.4. The Hall–Kier alpha value is -3.19. The zero-order valence-corrected chi connectivity index (χ0v) is 18.4. The molecule has 7 heteroatoms. The molecular weight excluding hydrogens is 393 g/mol. The van der Waals surface area contributed by atoms with Gasteiger partial charge >= 0.3 is 0 Å². The number of nitrogens with one attached hydrogen (secondary N) is 1. The average Bonchev–Trinajstić information content (AvgIpc) is 3.10. The fraction of sp³-hybridized carbons (Fsp3) is 0.333. The molecule has 1 aliphatic heterocycles. The van der Waals surface area contributed by atoms with Gasteiger partial charge in [0.1, 0.15) is 23.2 Å². The van der Waals surface area contributed by atoms with Crippen LogP contribution in [0.25, 0.3) is 11.3 Å². The first-order valence-electron chi connectivity index (χ1n) is 10.4. The number of aromatic nitrogens is 2. The lowest BCUT2D eigenvalue weighted by Crippen LogP contribution is -2.53. The van der Waals surface area contributed by atoms with E-state index >= 15 is 0 Å². The summed E-state index contributed by atoms with van der Waals surface area (Å²) in [5.41, 5.74) is 9.90. The summed E-state index contributed by atoms with van der Waals surface area (Å²) in [6.45, 7) is 9.20. The number of nitrogens with zero attached hydrogens (tertiary/aromatic N) is 3. The predicted molar refractivity (Wildman–Crippen MR) is 121 cm³/mol. The maximum Gasteiger partial charge on any atom is 0.237 e. The third-order valence-electron chi connectivity index (χ3n) is 6.10. The lowest BCUT2D eigenvalue weighted by atomic mass is 9.99. The topological polar surface area (TPSA) is 76.2 Å². The van der Waals surface area contributed by atoms with Gasteiger partial charge in [0.25, 0.3) is 0 Å². The van der Waals surface area contributed by atoms with E-state index in [9.17, 15) is 9.18 Å². The van der Waals surface area contributed by atoms with Crippen molar-refractivity contribution < 1.29 is 9.18 Å². The van der Waals surface area contributed by atoms with Crippen LogP contribution in [0.5, 0.6) is 0 Å². The molecule has 3 N–H and O–H groups in total. The van der Waals surface area contributed by atoms with Crippen LogP contribution in [0.1, 0.15) is 30.8 Å². The van der Waals surface area contributed by atoms with Crippen molar-refractivity contribution >= 4 is 17.4 Å². The molecule has 1 aliphatic rings. The van der Waals surface area contributed by atoms with E-state index in [0.29, 0.717) is 13.1 Å². The van der Waals surface area contributed by atoms with E-state index in [0.717, 1.165) is 28.6 Å². The number of hydrogen-bond donors (Lipinski definition) is 2. The molecule has 0 bridgehead atoms. The van der Waals surface area contributed by atoms with Crippen molar-refractivity contribution in [3.63, 3.8) is 0 Å². The van der Waals surface area contributed by atoms with Crippen molar-refractivity contribution in [1.82, 2.24) is 14.5 Å². The highest BCUT2D eigenvalue weighted by Crippen LogP contribution is 2.39. The summed E-state index contributed by atoms with van der Waals surface area (Å²) in [6, 6.07) is 12.5. The number of aryl methyl sites for hydroxylation is 2. The number of benzene rings is 2. The van der Waals surface area contributed by atoms with E-state index in [-0.39, 0.29) is 18.3 Å². The molecule has 4 rings (SSSR count). The molecule has 0 atom stereocenters. The number of rotatable bonds is 4.